The molecule has 0 saturated heterocycles. The standard InChI is InChI=1S/C60H44N2/c1-4-6-17-44(5-2)54-37-36-52(45-18-10-7-11-19-45)57-25-16-24-53(60(54)57)48-32-31-46-38-42(28-30-47(46)40-48)26-27-43-29-34-55-56-35-33-51(41-59(56)61(3)58(55)39-43)62(49-20-12-8-13-21-49)50-22-14-9-15-23-50/h1,6-14,16-22,24-41,44H,5H2,2-3H3/b17-6-,27-26+. The zero-order chi connectivity index (χ0) is 42.0. The molecule has 9 aromatic carbocycles. The van der Waals surface area contributed by atoms with Crippen LogP contribution in [0, 0.1) is 24.5 Å². The molecule has 294 valence electrons. The maximum Gasteiger partial charge on any atom is 0.0973 e. The van der Waals surface area contributed by atoms with E-state index in [0.29, 0.717) is 0 Å². The Morgan fingerprint density at radius 1 is 0.613 bits per heavy atom. The van der Waals surface area contributed by atoms with Crippen LogP contribution in [0.5, 0.6) is 0 Å². The number of benzene rings is 8. The average molecular weight is 793 g/mol. The molecule has 0 aliphatic carbocycles. The number of hydrogen-bond acceptors (Lipinski definition) is 1. The summed E-state index contributed by atoms with van der Waals surface area (Å²) in [4.78, 5) is 2.23. The van der Waals surface area contributed by atoms with Crippen LogP contribution < -0.4 is 4.90 Å². The van der Waals surface area contributed by atoms with E-state index in [1.807, 2.05) is 24.3 Å². The van der Waals surface area contributed by atoms with Crippen molar-refractivity contribution in [2.24, 2.45) is 7.05 Å². The lowest BCUT2D eigenvalue weighted by molar-refractivity contribution is 0.813. The van der Waals surface area contributed by atoms with E-state index >= 15 is 0 Å². The minimum atomic E-state index is 0.206. The highest BCUT2D eigenvalue weighted by Crippen LogP contribution is 2.42. The van der Waals surface area contributed by atoms with E-state index in [1.165, 1.54) is 71.2 Å². The summed E-state index contributed by atoms with van der Waals surface area (Å²) in [5.41, 5.74) is 14.0. The van der Waals surface area contributed by atoms with Crippen LogP contribution >= 0.6 is 0 Å². The Bertz CT molecular complexity index is 3310. The van der Waals surface area contributed by atoms with Gasteiger partial charge < -0.3 is 9.47 Å². The van der Waals surface area contributed by atoms with Gasteiger partial charge in [-0.3, -0.25) is 0 Å². The molecule has 0 fully saturated rings. The first kappa shape index (κ1) is 38.2. The van der Waals surface area contributed by atoms with Crippen LogP contribution in [0.2, 0.25) is 0 Å². The maximum absolute atomic E-state index is 5.69. The molecule has 10 aromatic rings. The Balaban J connectivity index is 0.974. The topological polar surface area (TPSA) is 8.17 Å². The number of allylic oxidation sites excluding steroid dienone is 2. The van der Waals surface area contributed by atoms with E-state index in [9.17, 15) is 0 Å². The molecule has 2 heteroatoms. The van der Waals surface area contributed by atoms with Crippen LogP contribution in [0.25, 0.3) is 77.8 Å². The third-order valence-corrected chi connectivity index (χ3v) is 12.2. The van der Waals surface area contributed by atoms with Crippen molar-refractivity contribution in [3.05, 3.63) is 223 Å². The van der Waals surface area contributed by atoms with Gasteiger partial charge in [-0.25, -0.2) is 0 Å². The molecule has 1 unspecified atom stereocenters. The Labute approximate surface area is 364 Å². The first-order valence-corrected chi connectivity index (χ1v) is 21.3. The molecule has 1 aromatic heterocycles. The van der Waals surface area contributed by atoms with Gasteiger partial charge in [-0.2, -0.15) is 0 Å². The Morgan fingerprint density at radius 2 is 1.34 bits per heavy atom. The minimum absolute atomic E-state index is 0.206. The van der Waals surface area contributed by atoms with E-state index < -0.39 is 0 Å². The molecular formula is C60H44N2. The highest BCUT2D eigenvalue weighted by molar-refractivity contribution is 6.10. The van der Waals surface area contributed by atoms with Crippen molar-refractivity contribution in [1.82, 2.24) is 4.57 Å². The molecule has 0 aliphatic heterocycles. The normalized spacial score (nSPS) is 12.1. The van der Waals surface area contributed by atoms with Crippen LogP contribution in [-0.2, 0) is 7.05 Å². The van der Waals surface area contributed by atoms with Crippen molar-refractivity contribution in [3.8, 4) is 34.6 Å². The quantitative estimate of drug-likeness (QED) is 0.0989. The molecule has 0 bridgehead atoms. The summed E-state index contributed by atoms with van der Waals surface area (Å²) in [6.45, 7) is 2.23. The van der Waals surface area contributed by atoms with Crippen LogP contribution in [0.4, 0.5) is 17.1 Å². The summed E-state index contributed by atoms with van der Waals surface area (Å²) in [6.07, 6.45) is 15.1. The van der Waals surface area contributed by atoms with Gasteiger partial charge in [0, 0.05) is 40.6 Å². The summed E-state index contributed by atoms with van der Waals surface area (Å²) >= 11 is 0. The van der Waals surface area contributed by atoms with E-state index in [1.54, 1.807) is 0 Å². The lowest BCUT2D eigenvalue weighted by atomic mass is 9.84. The van der Waals surface area contributed by atoms with E-state index in [4.69, 9.17) is 6.42 Å². The molecule has 0 spiro atoms. The predicted octanol–water partition coefficient (Wildman–Crippen LogP) is 15.9. The van der Waals surface area contributed by atoms with Gasteiger partial charge in [0.1, 0.15) is 0 Å². The van der Waals surface area contributed by atoms with E-state index in [-0.39, 0.29) is 5.92 Å². The highest BCUT2D eigenvalue weighted by Gasteiger charge is 2.18. The molecule has 10 rings (SSSR count). The number of rotatable bonds is 10. The van der Waals surface area contributed by atoms with Crippen molar-refractivity contribution in [3.63, 3.8) is 0 Å². The van der Waals surface area contributed by atoms with Gasteiger partial charge in [-0.1, -0.05) is 165 Å². The number of fused-ring (bicyclic) bond motifs is 5. The summed E-state index contributed by atoms with van der Waals surface area (Å²) in [5.74, 6) is 2.92. The summed E-state index contributed by atoms with van der Waals surface area (Å²) in [6, 6.07) is 72.0. The second-order valence-electron chi connectivity index (χ2n) is 15.9. The second kappa shape index (κ2) is 16.5. The Hall–Kier alpha value is -8.04. The number of aromatic nitrogens is 1. The lowest BCUT2D eigenvalue weighted by Crippen LogP contribution is -2.09. The van der Waals surface area contributed by atoms with Gasteiger partial charge in [0.05, 0.1) is 11.2 Å². The maximum atomic E-state index is 5.69. The van der Waals surface area contributed by atoms with Crippen molar-refractivity contribution in [1.29, 1.82) is 0 Å². The molecule has 1 atom stereocenters. The summed E-state index contributed by atoms with van der Waals surface area (Å²) < 4.78 is 2.31. The SMILES string of the molecule is C#C/C=C\C(CC)c1ccc(-c2ccccc2)c2cccc(-c3ccc4cc(/C=C/c5ccc6c7ccc(N(c8c#cccc8)c8ccccc8)cc7n(C)c6c5)ccc4c3)c12. The summed E-state index contributed by atoms with van der Waals surface area (Å²) in [7, 11) is 2.16. The molecule has 0 saturated carbocycles. The van der Waals surface area contributed by atoms with Crippen LogP contribution in [0.15, 0.2) is 194 Å². The highest BCUT2D eigenvalue weighted by atomic mass is 15.1. The smallest absolute Gasteiger partial charge is 0.0973 e. The van der Waals surface area contributed by atoms with Gasteiger partial charge in [-0.15, -0.1) is 6.42 Å². The first-order valence-electron chi connectivity index (χ1n) is 21.3. The lowest BCUT2D eigenvalue weighted by Gasteiger charge is -2.24. The van der Waals surface area contributed by atoms with Gasteiger partial charge in [0.15, 0.2) is 0 Å². The van der Waals surface area contributed by atoms with Gasteiger partial charge in [0.2, 0.25) is 0 Å². The molecule has 2 nitrogen and oxygen atoms in total. The van der Waals surface area contributed by atoms with E-state index in [0.717, 1.165) is 34.6 Å². The zero-order valence-corrected chi connectivity index (χ0v) is 34.9. The molecule has 62 heavy (non-hydrogen) atoms. The molecule has 0 N–H and O–H groups in total. The van der Waals surface area contributed by atoms with Crippen molar-refractivity contribution in [2.45, 2.75) is 19.3 Å². The number of aryl methyl sites for hydroxylation is 1. The molecule has 1 heterocycles. The van der Waals surface area contributed by atoms with Gasteiger partial charge in [0.25, 0.3) is 0 Å². The molecule has 0 radical (unpaired) electrons. The number of para-hydroxylation sites is 1. The number of anilines is 3. The third kappa shape index (κ3) is 7.09. The zero-order valence-electron chi connectivity index (χ0n) is 34.9. The minimum Gasteiger partial charge on any atom is -0.344 e. The first-order chi connectivity index (χ1) is 30.6. The van der Waals surface area contributed by atoms with Crippen molar-refractivity contribution in [2.75, 3.05) is 4.90 Å². The fraction of sp³-hybridized carbons (Fsp3) is 0.0667. The van der Waals surface area contributed by atoms with Crippen LogP contribution in [0.3, 0.4) is 0 Å². The van der Waals surface area contributed by atoms with E-state index in [2.05, 4.69) is 224 Å². The van der Waals surface area contributed by atoms with Crippen molar-refractivity contribution < 1.29 is 0 Å². The third-order valence-electron chi connectivity index (χ3n) is 12.2. The summed E-state index contributed by atoms with van der Waals surface area (Å²) in [5, 5.41) is 7.42. The predicted molar refractivity (Wildman–Crippen MR) is 265 cm³/mol. The molecule has 0 aliphatic rings. The van der Waals surface area contributed by atoms with Gasteiger partial charge >= 0.3 is 0 Å². The largest absolute Gasteiger partial charge is 0.344 e. The average Bonchev–Trinajstić information content (AvgIpc) is 3.61. The van der Waals surface area contributed by atoms with Crippen LogP contribution in [-0.4, -0.2) is 4.57 Å². The van der Waals surface area contributed by atoms with Crippen LogP contribution in [0.1, 0.15) is 36.0 Å². The number of terminal acetylenes is 1. The second-order valence-corrected chi connectivity index (χ2v) is 15.9. The number of nitrogens with zero attached hydrogens (tertiary/aromatic N) is 2. The monoisotopic (exact) mass is 792 g/mol. The number of hydrogen-bond donors (Lipinski definition) is 0. The Kier molecular flexibility index (Phi) is 10.2. The molecular weight excluding hydrogens is 749 g/mol. The Morgan fingerprint density at radius 3 is 2.11 bits per heavy atom. The molecule has 0 amide bonds. The fourth-order valence-corrected chi connectivity index (χ4v) is 9.14. The van der Waals surface area contributed by atoms with Crippen molar-refractivity contribution >= 4 is 72.6 Å². The van der Waals surface area contributed by atoms with Gasteiger partial charge in [-0.05, 0) is 134 Å². The fourth-order valence-electron chi connectivity index (χ4n) is 9.14.